The fourth-order valence-corrected chi connectivity index (χ4v) is 1.92. The molecule has 0 rings (SSSR count). The highest BCUT2D eigenvalue weighted by Gasteiger charge is 2.21. The van der Waals surface area contributed by atoms with Crippen LogP contribution in [0.25, 0.3) is 0 Å². The van der Waals surface area contributed by atoms with E-state index in [-0.39, 0.29) is 17.7 Å². The second-order valence-corrected chi connectivity index (χ2v) is 5.52. The summed E-state index contributed by atoms with van der Waals surface area (Å²) >= 11 is 0. The molecule has 0 fully saturated rings. The van der Waals surface area contributed by atoms with E-state index in [1.807, 2.05) is 0 Å². The third-order valence-corrected chi connectivity index (χ3v) is 2.34. The van der Waals surface area contributed by atoms with E-state index < -0.39 is 5.97 Å². The molecule has 0 bridgehead atoms. The largest absolute Gasteiger partial charge is 0.466 e. The van der Waals surface area contributed by atoms with Crippen molar-refractivity contribution >= 4 is 11.9 Å². The molecule has 4 nitrogen and oxygen atoms in total. The molecule has 0 saturated carbocycles. The zero-order valence-corrected chi connectivity index (χ0v) is 11.6. The molecule has 0 aliphatic carbocycles. The van der Waals surface area contributed by atoms with E-state index in [4.69, 9.17) is 4.74 Å². The van der Waals surface area contributed by atoms with Crippen LogP contribution in [0.3, 0.4) is 0 Å². The third-order valence-electron chi connectivity index (χ3n) is 2.34. The van der Waals surface area contributed by atoms with E-state index in [1.54, 1.807) is 6.92 Å². The highest BCUT2D eigenvalue weighted by Crippen LogP contribution is 2.23. The number of esters is 1. The fourth-order valence-electron chi connectivity index (χ4n) is 1.92. The molecule has 0 saturated heterocycles. The molecule has 17 heavy (non-hydrogen) atoms. The Bertz CT molecular complexity index is 259. The van der Waals surface area contributed by atoms with Crippen LogP contribution in [-0.4, -0.2) is 25.0 Å². The van der Waals surface area contributed by atoms with Gasteiger partial charge in [-0.2, -0.15) is 0 Å². The van der Waals surface area contributed by atoms with Gasteiger partial charge < -0.3 is 10.1 Å². The zero-order valence-electron chi connectivity index (χ0n) is 11.6. The first-order valence-electron chi connectivity index (χ1n) is 6.19. The van der Waals surface area contributed by atoms with Gasteiger partial charge in [-0.15, -0.1) is 0 Å². The van der Waals surface area contributed by atoms with E-state index >= 15 is 0 Å². The van der Waals surface area contributed by atoms with Crippen LogP contribution in [0.2, 0.25) is 0 Å². The van der Waals surface area contributed by atoms with Crippen LogP contribution in [0.1, 0.15) is 47.5 Å². The maximum atomic E-state index is 11.4. The van der Waals surface area contributed by atoms with Gasteiger partial charge in [-0.1, -0.05) is 27.7 Å². The van der Waals surface area contributed by atoms with E-state index in [2.05, 4.69) is 33.0 Å². The summed E-state index contributed by atoms with van der Waals surface area (Å²) in [7, 11) is 0. The summed E-state index contributed by atoms with van der Waals surface area (Å²) in [6.07, 6.45) is 0.846. The van der Waals surface area contributed by atoms with E-state index in [9.17, 15) is 9.59 Å². The number of carbonyl (C=O) groups is 2. The number of amides is 1. The highest BCUT2D eigenvalue weighted by molar-refractivity contribution is 5.94. The van der Waals surface area contributed by atoms with Gasteiger partial charge in [0.05, 0.1) is 6.61 Å². The molecule has 0 aliphatic heterocycles. The monoisotopic (exact) mass is 243 g/mol. The first kappa shape index (κ1) is 15.9. The van der Waals surface area contributed by atoms with Gasteiger partial charge in [-0.3, -0.25) is 9.59 Å². The maximum Gasteiger partial charge on any atom is 0.315 e. The van der Waals surface area contributed by atoms with Crippen molar-refractivity contribution in [1.29, 1.82) is 0 Å². The van der Waals surface area contributed by atoms with Crippen LogP contribution in [0.15, 0.2) is 0 Å². The van der Waals surface area contributed by atoms with Gasteiger partial charge in [-0.05, 0) is 24.7 Å². The van der Waals surface area contributed by atoms with Crippen LogP contribution in [0, 0.1) is 11.3 Å². The molecule has 0 aromatic heterocycles. The summed E-state index contributed by atoms with van der Waals surface area (Å²) < 4.78 is 4.71. The van der Waals surface area contributed by atoms with Crippen molar-refractivity contribution < 1.29 is 14.3 Å². The molecule has 4 heteroatoms. The van der Waals surface area contributed by atoms with Crippen molar-refractivity contribution in [3.05, 3.63) is 0 Å². The lowest BCUT2D eigenvalue weighted by atomic mass is 9.84. The van der Waals surface area contributed by atoms with E-state index in [1.165, 1.54) is 0 Å². The van der Waals surface area contributed by atoms with Gasteiger partial charge in [0.1, 0.15) is 6.42 Å². The van der Waals surface area contributed by atoms with Crippen molar-refractivity contribution in [2.45, 2.75) is 47.5 Å². The molecule has 0 heterocycles. The Labute approximate surface area is 104 Å². The maximum absolute atomic E-state index is 11.4. The van der Waals surface area contributed by atoms with Gasteiger partial charge in [0, 0.05) is 6.54 Å². The fraction of sp³-hybridized carbons (Fsp3) is 0.846. The molecule has 1 N–H and O–H groups in total. The average molecular weight is 243 g/mol. The number of ether oxygens (including phenoxy) is 1. The minimum Gasteiger partial charge on any atom is -0.466 e. The predicted octanol–water partition coefficient (Wildman–Crippen LogP) is 2.13. The van der Waals surface area contributed by atoms with Crippen molar-refractivity contribution in [3.8, 4) is 0 Å². The summed E-state index contributed by atoms with van der Waals surface area (Å²) in [6, 6.07) is 0. The Balaban J connectivity index is 3.94. The normalized spacial score (nSPS) is 11.4. The Morgan fingerprint density at radius 2 is 1.88 bits per heavy atom. The average Bonchev–Trinajstić information content (AvgIpc) is 2.13. The zero-order chi connectivity index (χ0) is 13.5. The lowest BCUT2D eigenvalue weighted by Crippen LogP contribution is -2.35. The first-order chi connectivity index (χ1) is 7.76. The van der Waals surface area contributed by atoms with Crippen molar-refractivity contribution in [3.63, 3.8) is 0 Å². The number of nitrogens with one attached hydrogen (secondary N) is 1. The Kier molecular flexibility index (Phi) is 6.85. The van der Waals surface area contributed by atoms with E-state index in [0.29, 0.717) is 19.1 Å². The van der Waals surface area contributed by atoms with Crippen LogP contribution in [-0.2, 0) is 14.3 Å². The molecule has 1 amide bonds. The summed E-state index contributed by atoms with van der Waals surface area (Å²) in [5.41, 5.74) is 0.0541. The first-order valence-corrected chi connectivity index (χ1v) is 6.19. The number of rotatable bonds is 7. The molecule has 0 aliphatic rings. The van der Waals surface area contributed by atoms with Crippen LogP contribution < -0.4 is 5.32 Å². The molecule has 0 unspecified atom stereocenters. The summed E-state index contributed by atoms with van der Waals surface area (Å²) in [5.74, 6) is -0.140. The minimum atomic E-state index is -0.466. The lowest BCUT2D eigenvalue weighted by molar-refractivity contribution is -0.146. The van der Waals surface area contributed by atoms with Gasteiger partial charge in [0.25, 0.3) is 0 Å². The topological polar surface area (TPSA) is 55.4 Å². The molecular weight excluding hydrogens is 218 g/mol. The molecule has 0 radical (unpaired) electrons. The number of hydrogen-bond donors (Lipinski definition) is 1. The smallest absolute Gasteiger partial charge is 0.315 e. The number of carbonyl (C=O) groups excluding carboxylic acids is 2. The van der Waals surface area contributed by atoms with Crippen LogP contribution >= 0.6 is 0 Å². The van der Waals surface area contributed by atoms with Crippen LogP contribution in [0.5, 0.6) is 0 Å². The van der Waals surface area contributed by atoms with Crippen molar-refractivity contribution in [2.24, 2.45) is 11.3 Å². The molecule has 0 spiro atoms. The standard InChI is InChI=1S/C13H25NO3/c1-6-17-12(16)7-11(15)14-9-13(4,5)8-10(2)3/h10H,6-9H2,1-5H3,(H,14,15). The minimum absolute atomic E-state index is 0.0541. The summed E-state index contributed by atoms with van der Waals surface area (Å²) in [6.45, 7) is 11.1. The van der Waals surface area contributed by atoms with Crippen molar-refractivity contribution in [1.82, 2.24) is 5.32 Å². The van der Waals surface area contributed by atoms with Gasteiger partial charge >= 0.3 is 5.97 Å². The van der Waals surface area contributed by atoms with Crippen molar-refractivity contribution in [2.75, 3.05) is 13.2 Å². The van der Waals surface area contributed by atoms with Crippen LogP contribution in [0.4, 0.5) is 0 Å². The van der Waals surface area contributed by atoms with Gasteiger partial charge in [-0.25, -0.2) is 0 Å². The Morgan fingerprint density at radius 1 is 1.29 bits per heavy atom. The van der Waals surface area contributed by atoms with Gasteiger partial charge in [0.15, 0.2) is 0 Å². The molecule has 0 atom stereocenters. The molecule has 100 valence electrons. The summed E-state index contributed by atoms with van der Waals surface area (Å²) in [5, 5.41) is 2.78. The van der Waals surface area contributed by atoms with E-state index in [0.717, 1.165) is 6.42 Å². The summed E-state index contributed by atoms with van der Waals surface area (Å²) in [4.78, 5) is 22.5. The predicted molar refractivity (Wildman–Crippen MR) is 67.5 cm³/mol. The SMILES string of the molecule is CCOC(=O)CC(=O)NCC(C)(C)CC(C)C. The Morgan fingerprint density at radius 3 is 2.35 bits per heavy atom. The molecule has 0 aromatic rings. The van der Waals surface area contributed by atoms with Gasteiger partial charge in [0.2, 0.25) is 5.91 Å². The second-order valence-electron chi connectivity index (χ2n) is 5.52. The number of hydrogen-bond acceptors (Lipinski definition) is 3. The molecule has 0 aromatic carbocycles. The molecular formula is C13H25NO3. The lowest BCUT2D eigenvalue weighted by Gasteiger charge is -2.26. The Hall–Kier alpha value is -1.06. The quantitative estimate of drug-likeness (QED) is 0.550. The third kappa shape index (κ3) is 8.72. The second kappa shape index (κ2) is 7.30. The highest BCUT2D eigenvalue weighted by atomic mass is 16.5.